The molecule has 1 N–H and O–H groups in total. The van der Waals surface area contributed by atoms with E-state index in [1.54, 1.807) is 13.8 Å². The maximum absolute atomic E-state index is 12.5. The van der Waals surface area contributed by atoms with Crippen LogP contribution in [-0.4, -0.2) is 44.4 Å². The van der Waals surface area contributed by atoms with E-state index in [1.165, 1.54) is 22.5 Å². The van der Waals surface area contributed by atoms with Crippen LogP contribution in [0.15, 0.2) is 23.1 Å². The zero-order chi connectivity index (χ0) is 17.0. The van der Waals surface area contributed by atoms with Crippen LogP contribution in [0.25, 0.3) is 0 Å². The lowest BCUT2D eigenvalue weighted by Gasteiger charge is -2.19. The fourth-order valence-electron chi connectivity index (χ4n) is 2.47. The molecule has 0 aromatic heterocycles. The average molecular weight is 361 g/mol. The third-order valence-electron chi connectivity index (χ3n) is 3.76. The van der Waals surface area contributed by atoms with Crippen LogP contribution in [0.5, 0.6) is 0 Å². The number of nitrogens with zero attached hydrogens (tertiary/aromatic N) is 1. The lowest BCUT2D eigenvalue weighted by Crippen LogP contribution is -2.31. The number of hydrogen-bond acceptors (Lipinski definition) is 4. The highest BCUT2D eigenvalue weighted by molar-refractivity contribution is 7.89. The molecular formula is C15H21ClN2O4S. The molecular weight excluding hydrogens is 340 g/mol. The summed E-state index contributed by atoms with van der Waals surface area (Å²) in [7, 11) is -3.60. The lowest BCUT2D eigenvalue weighted by atomic mass is 10.2. The van der Waals surface area contributed by atoms with E-state index in [-0.39, 0.29) is 21.5 Å². The molecule has 0 radical (unpaired) electrons. The van der Waals surface area contributed by atoms with Crippen molar-refractivity contribution in [2.75, 3.05) is 25.0 Å². The average Bonchev–Trinajstić information content (AvgIpc) is 3.04. The first kappa shape index (κ1) is 18.2. The first-order valence-corrected chi connectivity index (χ1v) is 9.44. The van der Waals surface area contributed by atoms with E-state index in [1.807, 2.05) is 0 Å². The Morgan fingerprint density at radius 2 is 2.09 bits per heavy atom. The summed E-state index contributed by atoms with van der Waals surface area (Å²) in [5.41, 5.74) is 0.278. The number of amides is 1. The second-order valence-electron chi connectivity index (χ2n) is 5.22. The number of carbonyl (C=O) groups is 1. The van der Waals surface area contributed by atoms with E-state index in [4.69, 9.17) is 16.3 Å². The van der Waals surface area contributed by atoms with Gasteiger partial charge in [0, 0.05) is 19.7 Å². The lowest BCUT2D eigenvalue weighted by molar-refractivity contribution is -0.124. The summed E-state index contributed by atoms with van der Waals surface area (Å²) in [6.45, 7) is 4.86. The Hall–Kier alpha value is -1.15. The molecule has 6 nitrogen and oxygen atoms in total. The highest BCUT2D eigenvalue weighted by Crippen LogP contribution is 2.27. The minimum absolute atomic E-state index is 0.105. The van der Waals surface area contributed by atoms with Crippen LogP contribution in [0, 0.1) is 0 Å². The number of anilines is 1. The molecule has 0 spiro atoms. The van der Waals surface area contributed by atoms with Crippen LogP contribution in [0.2, 0.25) is 5.02 Å². The predicted octanol–water partition coefficient (Wildman–Crippen LogP) is 2.49. The molecule has 2 rings (SSSR count). The molecule has 0 saturated carbocycles. The molecule has 128 valence electrons. The van der Waals surface area contributed by atoms with Gasteiger partial charge in [-0.2, -0.15) is 4.31 Å². The minimum atomic E-state index is -3.60. The van der Waals surface area contributed by atoms with Gasteiger partial charge in [0.25, 0.3) is 5.91 Å². The van der Waals surface area contributed by atoms with Crippen LogP contribution < -0.4 is 5.32 Å². The third kappa shape index (κ3) is 4.03. The SMILES string of the molecule is CCN(CC)S(=O)(=O)c1ccc(Cl)c(NC(=O)C2CCCO2)c1. The normalized spacial score (nSPS) is 18.3. The molecule has 1 aromatic rings. The van der Waals surface area contributed by atoms with Gasteiger partial charge in [-0.1, -0.05) is 25.4 Å². The zero-order valence-corrected chi connectivity index (χ0v) is 14.8. The van der Waals surface area contributed by atoms with Crippen LogP contribution >= 0.6 is 11.6 Å². The molecule has 1 saturated heterocycles. The molecule has 1 heterocycles. The van der Waals surface area contributed by atoms with Crippen molar-refractivity contribution < 1.29 is 17.9 Å². The number of hydrogen-bond donors (Lipinski definition) is 1. The van der Waals surface area contributed by atoms with Crippen molar-refractivity contribution in [3.63, 3.8) is 0 Å². The van der Waals surface area contributed by atoms with E-state index < -0.39 is 16.1 Å². The number of halogens is 1. The topological polar surface area (TPSA) is 75.7 Å². The van der Waals surface area contributed by atoms with Crippen molar-refractivity contribution in [3.05, 3.63) is 23.2 Å². The first-order valence-electron chi connectivity index (χ1n) is 7.62. The second kappa shape index (κ2) is 7.61. The largest absolute Gasteiger partial charge is 0.368 e. The number of benzene rings is 1. The van der Waals surface area contributed by atoms with Crippen LogP contribution in [-0.2, 0) is 19.6 Å². The Morgan fingerprint density at radius 3 is 2.65 bits per heavy atom. The molecule has 8 heteroatoms. The van der Waals surface area contributed by atoms with Gasteiger partial charge in [0.05, 0.1) is 15.6 Å². The van der Waals surface area contributed by atoms with Crippen molar-refractivity contribution in [2.45, 2.75) is 37.7 Å². The van der Waals surface area contributed by atoms with E-state index in [0.29, 0.717) is 26.1 Å². The molecule has 0 bridgehead atoms. The third-order valence-corrected chi connectivity index (χ3v) is 6.14. The summed E-state index contributed by atoms with van der Waals surface area (Å²) >= 11 is 6.08. The minimum Gasteiger partial charge on any atom is -0.368 e. The molecule has 1 aliphatic heterocycles. The summed E-state index contributed by atoms with van der Waals surface area (Å²) < 4.78 is 31.8. The van der Waals surface area contributed by atoms with Crippen LogP contribution in [0.1, 0.15) is 26.7 Å². The summed E-state index contributed by atoms with van der Waals surface area (Å²) in [5, 5.41) is 2.95. The summed E-state index contributed by atoms with van der Waals surface area (Å²) in [4.78, 5) is 12.2. The highest BCUT2D eigenvalue weighted by Gasteiger charge is 2.26. The molecule has 1 amide bonds. The molecule has 1 aromatic carbocycles. The van der Waals surface area contributed by atoms with Gasteiger partial charge in [0.15, 0.2) is 0 Å². The highest BCUT2D eigenvalue weighted by atomic mass is 35.5. The van der Waals surface area contributed by atoms with Gasteiger partial charge in [-0.15, -0.1) is 0 Å². The Morgan fingerprint density at radius 1 is 1.39 bits per heavy atom. The maximum Gasteiger partial charge on any atom is 0.253 e. The fraction of sp³-hybridized carbons (Fsp3) is 0.533. The predicted molar refractivity (Wildman–Crippen MR) is 89.2 cm³/mol. The first-order chi connectivity index (χ1) is 10.9. The van der Waals surface area contributed by atoms with Crippen molar-refractivity contribution in [1.82, 2.24) is 4.31 Å². The number of sulfonamides is 1. The van der Waals surface area contributed by atoms with E-state index in [2.05, 4.69) is 5.32 Å². The summed E-state index contributed by atoms with van der Waals surface area (Å²) in [5.74, 6) is -0.304. The molecule has 0 aliphatic carbocycles. The Labute approximate surface area is 141 Å². The van der Waals surface area contributed by atoms with Crippen molar-refractivity contribution >= 4 is 33.2 Å². The monoisotopic (exact) mass is 360 g/mol. The van der Waals surface area contributed by atoms with E-state index >= 15 is 0 Å². The summed E-state index contributed by atoms with van der Waals surface area (Å²) in [6, 6.07) is 4.31. The number of nitrogens with one attached hydrogen (secondary N) is 1. The van der Waals surface area contributed by atoms with Crippen molar-refractivity contribution in [1.29, 1.82) is 0 Å². The van der Waals surface area contributed by atoms with Crippen molar-refractivity contribution in [2.24, 2.45) is 0 Å². The number of carbonyl (C=O) groups excluding carboxylic acids is 1. The van der Waals surface area contributed by atoms with Crippen LogP contribution in [0.4, 0.5) is 5.69 Å². The summed E-state index contributed by atoms with van der Waals surface area (Å²) in [6.07, 6.45) is 0.984. The van der Waals surface area contributed by atoms with E-state index in [0.717, 1.165) is 6.42 Å². The standard InChI is InChI=1S/C15H21ClN2O4S/c1-3-18(4-2)23(20,21)11-7-8-12(16)13(10-11)17-15(19)14-6-5-9-22-14/h7-8,10,14H,3-6,9H2,1-2H3,(H,17,19). The second-order valence-corrected chi connectivity index (χ2v) is 7.57. The van der Waals surface area contributed by atoms with Gasteiger partial charge in [0.2, 0.25) is 10.0 Å². The zero-order valence-electron chi connectivity index (χ0n) is 13.2. The van der Waals surface area contributed by atoms with Gasteiger partial charge in [0.1, 0.15) is 6.10 Å². The number of ether oxygens (including phenoxy) is 1. The molecule has 1 fully saturated rings. The quantitative estimate of drug-likeness (QED) is 0.845. The molecule has 1 atom stereocenters. The van der Waals surface area contributed by atoms with E-state index in [9.17, 15) is 13.2 Å². The molecule has 1 unspecified atom stereocenters. The van der Waals surface area contributed by atoms with Gasteiger partial charge in [-0.25, -0.2) is 8.42 Å². The Balaban J connectivity index is 2.26. The maximum atomic E-state index is 12.5. The van der Waals surface area contributed by atoms with Gasteiger partial charge in [-0.3, -0.25) is 4.79 Å². The molecule has 23 heavy (non-hydrogen) atoms. The molecule has 1 aliphatic rings. The van der Waals surface area contributed by atoms with Gasteiger partial charge in [-0.05, 0) is 31.0 Å². The van der Waals surface area contributed by atoms with Gasteiger partial charge < -0.3 is 10.1 Å². The van der Waals surface area contributed by atoms with Crippen molar-refractivity contribution in [3.8, 4) is 0 Å². The Kier molecular flexibility index (Phi) is 6.02. The number of rotatable bonds is 6. The van der Waals surface area contributed by atoms with Crippen LogP contribution in [0.3, 0.4) is 0 Å². The van der Waals surface area contributed by atoms with Gasteiger partial charge >= 0.3 is 0 Å². The fourth-order valence-corrected chi connectivity index (χ4v) is 4.12. The smallest absolute Gasteiger partial charge is 0.253 e. The Bertz CT molecular complexity index is 668.